The van der Waals surface area contributed by atoms with E-state index in [1.54, 1.807) is 0 Å². The minimum Gasteiger partial charge on any atom is -0.481 e. The Balaban J connectivity index is 0.000000194. The number of rotatable bonds is 4. The molecule has 0 saturated carbocycles. The van der Waals surface area contributed by atoms with E-state index < -0.39 is 23.3 Å². The van der Waals surface area contributed by atoms with Gasteiger partial charge < -0.3 is 15.3 Å². The van der Waals surface area contributed by atoms with Crippen molar-refractivity contribution >= 4 is 17.9 Å². The van der Waals surface area contributed by atoms with Crippen molar-refractivity contribution < 1.29 is 29.7 Å². The van der Waals surface area contributed by atoms with Crippen LogP contribution in [-0.2, 0) is 9.59 Å². The van der Waals surface area contributed by atoms with Gasteiger partial charge in [0.15, 0.2) is 0 Å². The Kier molecular flexibility index (Phi) is 5.92. The summed E-state index contributed by atoms with van der Waals surface area (Å²) >= 11 is 0. The van der Waals surface area contributed by atoms with Crippen molar-refractivity contribution in [1.82, 2.24) is 9.78 Å². The van der Waals surface area contributed by atoms with E-state index in [4.69, 9.17) is 15.3 Å². The average Bonchev–Trinajstić information content (AvgIpc) is 3.13. The SMILES string of the molecule is CC1(C(=O)O)C=CC=C(C(=O)O)C1.O=C(O)c1cnn(-c2ccccc2)c1. The van der Waals surface area contributed by atoms with E-state index in [1.165, 1.54) is 42.2 Å². The van der Waals surface area contributed by atoms with Gasteiger partial charge >= 0.3 is 17.9 Å². The van der Waals surface area contributed by atoms with Crippen LogP contribution in [0.25, 0.3) is 5.69 Å². The fourth-order valence-electron chi connectivity index (χ4n) is 2.34. The second kappa shape index (κ2) is 8.13. The van der Waals surface area contributed by atoms with E-state index >= 15 is 0 Å². The van der Waals surface area contributed by atoms with Crippen LogP contribution in [0.5, 0.6) is 0 Å². The molecule has 0 saturated heterocycles. The van der Waals surface area contributed by atoms with Gasteiger partial charge in [-0.1, -0.05) is 36.4 Å². The van der Waals surface area contributed by atoms with E-state index in [-0.39, 0.29) is 17.6 Å². The molecule has 1 heterocycles. The van der Waals surface area contributed by atoms with Gasteiger partial charge in [0.25, 0.3) is 0 Å². The first-order chi connectivity index (χ1) is 12.7. The number of hydrogen-bond acceptors (Lipinski definition) is 4. The Labute approximate surface area is 154 Å². The summed E-state index contributed by atoms with van der Waals surface area (Å²) in [6.07, 6.45) is 7.25. The van der Waals surface area contributed by atoms with Crippen molar-refractivity contribution in [2.24, 2.45) is 5.41 Å². The molecule has 8 nitrogen and oxygen atoms in total. The van der Waals surface area contributed by atoms with Crippen LogP contribution in [0, 0.1) is 5.41 Å². The van der Waals surface area contributed by atoms with Crippen molar-refractivity contribution in [2.45, 2.75) is 13.3 Å². The Morgan fingerprint density at radius 1 is 1.07 bits per heavy atom. The molecule has 0 aliphatic heterocycles. The molecule has 0 radical (unpaired) electrons. The minimum atomic E-state index is -1.08. The predicted molar refractivity (Wildman–Crippen MR) is 95.7 cm³/mol. The lowest BCUT2D eigenvalue weighted by Crippen LogP contribution is -2.28. The predicted octanol–water partition coefficient (Wildman–Crippen LogP) is 2.62. The van der Waals surface area contributed by atoms with Crippen LogP contribution in [0.2, 0.25) is 0 Å². The van der Waals surface area contributed by atoms with Crippen LogP contribution in [-0.4, -0.2) is 43.0 Å². The number of allylic oxidation sites excluding steroid dienone is 2. The van der Waals surface area contributed by atoms with Gasteiger partial charge in [-0.3, -0.25) is 4.79 Å². The number of carbonyl (C=O) groups is 3. The Hall–Kier alpha value is -3.68. The molecular weight excluding hydrogens is 352 g/mol. The zero-order valence-electron chi connectivity index (χ0n) is 14.4. The molecule has 3 rings (SSSR count). The smallest absolute Gasteiger partial charge is 0.338 e. The first-order valence-electron chi connectivity index (χ1n) is 7.91. The molecule has 8 heteroatoms. The van der Waals surface area contributed by atoms with Crippen molar-refractivity contribution in [2.75, 3.05) is 0 Å². The molecule has 0 spiro atoms. The number of para-hydroxylation sites is 1. The zero-order valence-corrected chi connectivity index (χ0v) is 14.4. The van der Waals surface area contributed by atoms with Crippen molar-refractivity contribution in [1.29, 1.82) is 0 Å². The monoisotopic (exact) mass is 370 g/mol. The molecule has 27 heavy (non-hydrogen) atoms. The molecule has 1 aromatic heterocycles. The third-order valence-corrected chi connectivity index (χ3v) is 3.93. The normalized spacial score (nSPS) is 18.0. The summed E-state index contributed by atoms with van der Waals surface area (Å²) in [7, 11) is 0. The standard InChI is InChI=1S/C10H8N2O2.C9H10O4/c13-10(14)8-6-11-12(7-8)9-4-2-1-3-5-9;1-9(8(12)13)4-2-3-6(5-9)7(10)11/h1-7H,(H,13,14);2-4H,5H2,1H3,(H,10,11)(H,12,13). The second-order valence-corrected chi connectivity index (χ2v) is 6.07. The number of benzene rings is 1. The van der Waals surface area contributed by atoms with Gasteiger partial charge in [-0.15, -0.1) is 0 Å². The van der Waals surface area contributed by atoms with Gasteiger partial charge in [0.1, 0.15) is 0 Å². The van der Waals surface area contributed by atoms with Gasteiger partial charge in [-0.25, -0.2) is 14.3 Å². The Morgan fingerprint density at radius 2 is 1.74 bits per heavy atom. The Morgan fingerprint density at radius 3 is 2.26 bits per heavy atom. The number of aliphatic carboxylic acids is 2. The van der Waals surface area contributed by atoms with Crippen molar-refractivity contribution in [3.8, 4) is 5.69 Å². The summed E-state index contributed by atoms with van der Waals surface area (Å²) in [6, 6.07) is 9.36. The number of aromatic carboxylic acids is 1. The molecule has 0 bridgehead atoms. The molecule has 1 atom stereocenters. The highest BCUT2D eigenvalue weighted by Gasteiger charge is 2.34. The summed E-state index contributed by atoms with van der Waals surface area (Å²) in [4.78, 5) is 31.9. The van der Waals surface area contributed by atoms with E-state index in [1.807, 2.05) is 30.3 Å². The summed E-state index contributed by atoms with van der Waals surface area (Å²) in [6.45, 7) is 1.50. The second-order valence-electron chi connectivity index (χ2n) is 6.07. The number of carboxylic acids is 3. The molecule has 3 N–H and O–H groups in total. The molecule has 2 aromatic rings. The topological polar surface area (TPSA) is 130 Å². The Bertz CT molecular complexity index is 913. The highest BCUT2D eigenvalue weighted by atomic mass is 16.4. The van der Waals surface area contributed by atoms with E-state index in [2.05, 4.69) is 5.10 Å². The fraction of sp³-hybridized carbons (Fsp3) is 0.158. The van der Waals surface area contributed by atoms with Gasteiger partial charge in [0.05, 0.1) is 22.9 Å². The lowest BCUT2D eigenvalue weighted by Gasteiger charge is -2.23. The molecule has 1 aromatic carbocycles. The summed E-state index contributed by atoms with van der Waals surface area (Å²) in [5.41, 5.74) is 0.0869. The van der Waals surface area contributed by atoms with Gasteiger partial charge in [-0.05, 0) is 25.5 Å². The third kappa shape index (κ3) is 4.91. The first kappa shape index (κ1) is 19.6. The zero-order chi connectivity index (χ0) is 20.0. The maximum atomic E-state index is 10.8. The lowest BCUT2D eigenvalue weighted by atomic mass is 9.80. The summed E-state index contributed by atoms with van der Waals surface area (Å²) in [5.74, 6) is -3.03. The molecule has 0 amide bonds. The van der Waals surface area contributed by atoms with E-state index in [9.17, 15) is 14.4 Å². The van der Waals surface area contributed by atoms with E-state index in [0.29, 0.717) is 0 Å². The first-order valence-corrected chi connectivity index (χ1v) is 7.91. The van der Waals surface area contributed by atoms with Gasteiger partial charge in [0.2, 0.25) is 0 Å². The third-order valence-electron chi connectivity index (χ3n) is 3.93. The number of carboxylic acid groups (broad SMARTS) is 3. The quantitative estimate of drug-likeness (QED) is 0.754. The van der Waals surface area contributed by atoms with Crippen molar-refractivity contribution in [3.05, 3.63) is 72.1 Å². The maximum Gasteiger partial charge on any atom is 0.338 e. The maximum absolute atomic E-state index is 10.8. The summed E-state index contributed by atoms with van der Waals surface area (Å²) < 4.78 is 1.53. The molecule has 1 unspecified atom stereocenters. The van der Waals surface area contributed by atoms with Crippen LogP contribution >= 0.6 is 0 Å². The number of aromatic nitrogens is 2. The molecular formula is C19H18N2O6. The molecule has 1 aliphatic carbocycles. The van der Waals surface area contributed by atoms with Crippen LogP contribution in [0.3, 0.4) is 0 Å². The van der Waals surface area contributed by atoms with Crippen LogP contribution in [0.1, 0.15) is 23.7 Å². The van der Waals surface area contributed by atoms with Crippen LogP contribution in [0.15, 0.2) is 66.5 Å². The van der Waals surface area contributed by atoms with Crippen LogP contribution in [0.4, 0.5) is 0 Å². The number of nitrogens with zero attached hydrogens (tertiary/aromatic N) is 2. The highest BCUT2D eigenvalue weighted by Crippen LogP contribution is 2.31. The molecule has 0 fully saturated rings. The molecule has 1 aliphatic rings. The summed E-state index contributed by atoms with van der Waals surface area (Å²) in [5, 5.41) is 30.1. The van der Waals surface area contributed by atoms with Gasteiger partial charge in [0, 0.05) is 11.8 Å². The largest absolute Gasteiger partial charge is 0.481 e. The lowest BCUT2D eigenvalue weighted by molar-refractivity contribution is -0.145. The minimum absolute atomic E-state index is 0.0359. The molecule has 140 valence electrons. The number of hydrogen-bond donors (Lipinski definition) is 3. The average molecular weight is 370 g/mol. The van der Waals surface area contributed by atoms with Crippen LogP contribution < -0.4 is 0 Å². The highest BCUT2D eigenvalue weighted by molar-refractivity contribution is 5.90. The van der Waals surface area contributed by atoms with E-state index in [0.717, 1.165) is 5.69 Å². The van der Waals surface area contributed by atoms with Gasteiger partial charge in [-0.2, -0.15) is 5.10 Å². The fourth-order valence-corrected chi connectivity index (χ4v) is 2.34. The van der Waals surface area contributed by atoms with Crippen molar-refractivity contribution in [3.63, 3.8) is 0 Å².